The number of piperazine rings is 1. The molecule has 0 bridgehead atoms. The second-order valence-corrected chi connectivity index (χ2v) is 6.74. The van der Waals surface area contributed by atoms with Gasteiger partial charge in [0.15, 0.2) is 5.78 Å². The van der Waals surface area contributed by atoms with Crippen LogP contribution in [-0.4, -0.2) is 60.0 Å². The lowest BCUT2D eigenvalue weighted by Gasteiger charge is -2.44. The van der Waals surface area contributed by atoms with Crippen LogP contribution in [0, 0.1) is 0 Å². The van der Waals surface area contributed by atoms with Gasteiger partial charge in [-0.2, -0.15) is 0 Å². The number of thioether (sulfide) groups is 1. The average Bonchev–Trinajstić information content (AvgIpc) is 2.48. The summed E-state index contributed by atoms with van der Waals surface area (Å²) in [6.45, 7) is 5.44. The van der Waals surface area contributed by atoms with E-state index in [0.29, 0.717) is 12.1 Å². The van der Waals surface area contributed by atoms with Crippen LogP contribution in [-0.2, 0) is 4.79 Å². The molecule has 0 aromatic heterocycles. The van der Waals surface area contributed by atoms with Gasteiger partial charge in [-0.3, -0.25) is 14.5 Å². The van der Waals surface area contributed by atoms with Gasteiger partial charge in [0, 0.05) is 30.6 Å². The minimum absolute atomic E-state index is 0.0630. The lowest BCUT2D eigenvalue weighted by atomic mass is 9.96. The molecule has 0 saturated carbocycles. The Labute approximate surface area is 130 Å². The zero-order valence-electron chi connectivity index (χ0n) is 13.0. The summed E-state index contributed by atoms with van der Waals surface area (Å²) in [6, 6.07) is 7.63. The van der Waals surface area contributed by atoms with Crippen molar-refractivity contribution in [1.82, 2.24) is 9.80 Å². The zero-order valence-corrected chi connectivity index (χ0v) is 13.9. The normalized spacial score (nSPS) is 18.9. The third kappa shape index (κ3) is 3.30. The van der Waals surface area contributed by atoms with Gasteiger partial charge < -0.3 is 4.90 Å². The van der Waals surface area contributed by atoms with E-state index in [1.54, 1.807) is 16.7 Å². The Hall–Kier alpha value is -1.33. The van der Waals surface area contributed by atoms with Gasteiger partial charge in [-0.15, -0.1) is 11.8 Å². The molecule has 21 heavy (non-hydrogen) atoms. The fraction of sp³-hybridized carbons (Fsp3) is 0.500. The first-order valence-corrected chi connectivity index (χ1v) is 8.26. The summed E-state index contributed by atoms with van der Waals surface area (Å²) in [7, 11) is 1.81. The molecule has 0 radical (unpaired) electrons. The number of hydrogen-bond acceptors (Lipinski definition) is 4. The molecule has 5 heteroatoms. The monoisotopic (exact) mass is 306 g/mol. The van der Waals surface area contributed by atoms with E-state index in [-0.39, 0.29) is 18.2 Å². The lowest BCUT2D eigenvalue weighted by molar-refractivity contribution is -0.146. The smallest absolute Gasteiger partial charge is 0.242 e. The van der Waals surface area contributed by atoms with Crippen molar-refractivity contribution in [2.24, 2.45) is 0 Å². The van der Waals surface area contributed by atoms with Crippen molar-refractivity contribution in [2.75, 3.05) is 32.9 Å². The van der Waals surface area contributed by atoms with Crippen molar-refractivity contribution in [2.45, 2.75) is 24.3 Å². The van der Waals surface area contributed by atoms with E-state index in [4.69, 9.17) is 0 Å². The van der Waals surface area contributed by atoms with Gasteiger partial charge in [0.2, 0.25) is 5.91 Å². The van der Waals surface area contributed by atoms with Crippen molar-refractivity contribution in [3.05, 3.63) is 29.8 Å². The first-order chi connectivity index (χ1) is 9.86. The third-order valence-corrected chi connectivity index (χ3v) is 4.86. The molecule has 1 amide bonds. The molecule has 1 aromatic rings. The van der Waals surface area contributed by atoms with Crippen molar-refractivity contribution in [3.63, 3.8) is 0 Å². The van der Waals surface area contributed by atoms with Crippen LogP contribution in [0.5, 0.6) is 0 Å². The number of nitrogens with zero attached hydrogens (tertiary/aromatic N) is 2. The van der Waals surface area contributed by atoms with Crippen LogP contribution >= 0.6 is 11.8 Å². The number of Topliss-reactive ketones (excluding diaryl/α,β-unsaturated/α-hetero) is 1. The molecule has 2 rings (SSSR count). The lowest BCUT2D eigenvalue weighted by Crippen LogP contribution is -2.62. The standard InChI is InChI=1S/C16H22N2O2S/c1-16(2)15(20)17(3)9-10-18(16)11-14(19)12-5-7-13(21-4)8-6-12/h5-8H,9-11H2,1-4H3. The summed E-state index contributed by atoms with van der Waals surface area (Å²) in [4.78, 5) is 29.5. The Morgan fingerprint density at radius 2 is 1.86 bits per heavy atom. The van der Waals surface area contributed by atoms with Crippen molar-refractivity contribution >= 4 is 23.5 Å². The van der Waals surface area contributed by atoms with Crippen LogP contribution < -0.4 is 0 Å². The molecule has 1 saturated heterocycles. The number of rotatable bonds is 4. The highest BCUT2D eigenvalue weighted by Crippen LogP contribution is 2.22. The Morgan fingerprint density at radius 3 is 2.43 bits per heavy atom. The minimum Gasteiger partial charge on any atom is -0.343 e. The molecule has 4 nitrogen and oxygen atoms in total. The van der Waals surface area contributed by atoms with E-state index in [1.165, 1.54) is 0 Å². The summed E-state index contributed by atoms with van der Waals surface area (Å²) in [5.41, 5.74) is 0.0805. The van der Waals surface area contributed by atoms with Gasteiger partial charge in [0.25, 0.3) is 0 Å². The molecule has 0 unspecified atom stereocenters. The van der Waals surface area contributed by atoms with E-state index in [9.17, 15) is 9.59 Å². The van der Waals surface area contributed by atoms with E-state index in [1.807, 2.05) is 56.3 Å². The molecular weight excluding hydrogens is 284 g/mol. The van der Waals surface area contributed by atoms with Gasteiger partial charge in [-0.05, 0) is 32.2 Å². The molecule has 0 aliphatic carbocycles. The van der Waals surface area contributed by atoms with Gasteiger partial charge in [-0.1, -0.05) is 12.1 Å². The summed E-state index contributed by atoms with van der Waals surface area (Å²) < 4.78 is 0. The summed E-state index contributed by atoms with van der Waals surface area (Å²) >= 11 is 1.65. The van der Waals surface area contributed by atoms with E-state index < -0.39 is 5.54 Å². The SMILES string of the molecule is CSc1ccc(C(=O)CN2CCN(C)C(=O)C2(C)C)cc1. The first-order valence-electron chi connectivity index (χ1n) is 7.04. The van der Waals surface area contributed by atoms with Crippen molar-refractivity contribution in [1.29, 1.82) is 0 Å². The highest BCUT2D eigenvalue weighted by Gasteiger charge is 2.40. The van der Waals surface area contributed by atoms with Gasteiger partial charge in [-0.25, -0.2) is 0 Å². The van der Waals surface area contributed by atoms with E-state index in [2.05, 4.69) is 0 Å². The Bertz CT molecular complexity index is 540. The molecule has 1 aromatic carbocycles. The molecule has 1 fully saturated rings. The maximum Gasteiger partial charge on any atom is 0.242 e. The maximum absolute atomic E-state index is 12.4. The van der Waals surface area contributed by atoms with Gasteiger partial charge >= 0.3 is 0 Å². The Kier molecular flexibility index (Phi) is 4.74. The highest BCUT2D eigenvalue weighted by atomic mass is 32.2. The van der Waals surface area contributed by atoms with E-state index in [0.717, 1.165) is 11.4 Å². The average molecular weight is 306 g/mol. The largest absolute Gasteiger partial charge is 0.343 e. The van der Waals surface area contributed by atoms with Crippen molar-refractivity contribution in [3.8, 4) is 0 Å². The fourth-order valence-corrected chi connectivity index (χ4v) is 2.98. The topological polar surface area (TPSA) is 40.6 Å². The molecule has 114 valence electrons. The second kappa shape index (κ2) is 6.20. The predicted octanol–water partition coefficient (Wildman–Crippen LogP) is 2.14. The van der Waals surface area contributed by atoms with E-state index >= 15 is 0 Å². The van der Waals surface area contributed by atoms with Gasteiger partial charge in [0.05, 0.1) is 12.1 Å². The molecular formula is C16H22N2O2S. The number of amides is 1. The molecule has 0 atom stereocenters. The van der Waals surface area contributed by atoms with Crippen molar-refractivity contribution < 1.29 is 9.59 Å². The zero-order chi connectivity index (χ0) is 15.6. The first kappa shape index (κ1) is 16.0. The number of likely N-dealkylation sites (N-methyl/N-ethyl adjacent to an activating group) is 1. The highest BCUT2D eigenvalue weighted by molar-refractivity contribution is 7.98. The number of hydrogen-bond donors (Lipinski definition) is 0. The number of ketones is 1. The minimum atomic E-state index is -0.623. The molecule has 0 N–H and O–H groups in total. The van der Waals surface area contributed by atoms with Crippen LogP contribution in [0.3, 0.4) is 0 Å². The second-order valence-electron chi connectivity index (χ2n) is 5.86. The van der Waals surface area contributed by atoms with Crippen LogP contribution in [0.1, 0.15) is 24.2 Å². The van der Waals surface area contributed by atoms with Crippen LogP contribution in [0.4, 0.5) is 0 Å². The Morgan fingerprint density at radius 1 is 1.24 bits per heavy atom. The predicted molar refractivity (Wildman–Crippen MR) is 85.8 cm³/mol. The molecule has 1 aliphatic rings. The quantitative estimate of drug-likeness (QED) is 0.631. The Balaban J connectivity index is 2.09. The number of carbonyl (C=O) groups excluding carboxylic acids is 2. The van der Waals surface area contributed by atoms with Gasteiger partial charge in [0.1, 0.15) is 0 Å². The van der Waals surface area contributed by atoms with Crippen LogP contribution in [0.15, 0.2) is 29.2 Å². The summed E-state index contributed by atoms with van der Waals surface area (Å²) in [5, 5.41) is 0. The molecule has 1 heterocycles. The number of carbonyl (C=O) groups is 2. The molecule has 0 spiro atoms. The summed E-state index contributed by atoms with van der Waals surface area (Å²) in [6.07, 6.45) is 2.01. The summed E-state index contributed by atoms with van der Waals surface area (Å²) in [5.74, 6) is 0.132. The number of benzene rings is 1. The fourth-order valence-electron chi connectivity index (χ4n) is 2.57. The third-order valence-electron chi connectivity index (χ3n) is 4.11. The molecule has 1 aliphatic heterocycles. The van der Waals surface area contributed by atoms with Crippen LogP contribution in [0.25, 0.3) is 0 Å². The van der Waals surface area contributed by atoms with Crippen LogP contribution in [0.2, 0.25) is 0 Å². The maximum atomic E-state index is 12.4.